The lowest BCUT2D eigenvalue weighted by atomic mass is 10.0. The highest BCUT2D eigenvalue weighted by Gasteiger charge is 2.48. The summed E-state index contributed by atoms with van der Waals surface area (Å²) < 4.78 is 5.93. The highest BCUT2D eigenvalue weighted by atomic mass is 35.5. The van der Waals surface area contributed by atoms with E-state index in [0.29, 0.717) is 17.5 Å². The third-order valence-electron chi connectivity index (χ3n) is 6.62. The van der Waals surface area contributed by atoms with E-state index in [1.54, 1.807) is 6.07 Å². The molecule has 2 atom stereocenters. The van der Waals surface area contributed by atoms with Crippen molar-refractivity contribution in [1.29, 1.82) is 0 Å². The van der Waals surface area contributed by atoms with Crippen LogP contribution in [0.5, 0.6) is 11.5 Å². The molecule has 1 saturated heterocycles. The number of halogens is 1. The maximum atomic E-state index is 11.9. The first-order chi connectivity index (χ1) is 15.1. The Balaban J connectivity index is 1.02. The Hall–Kier alpha value is -2.44. The van der Waals surface area contributed by atoms with Gasteiger partial charge in [-0.05, 0) is 55.5 Å². The van der Waals surface area contributed by atoms with Gasteiger partial charge in [-0.15, -0.1) is 0 Å². The van der Waals surface area contributed by atoms with Gasteiger partial charge < -0.3 is 20.1 Å². The van der Waals surface area contributed by atoms with Crippen molar-refractivity contribution in [2.75, 3.05) is 49.5 Å². The first kappa shape index (κ1) is 20.5. The molecular formula is C24H28ClN3O3. The van der Waals surface area contributed by atoms with Crippen molar-refractivity contribution in [1.82, 2.24) is 4.90 Å². The largest absolute Gasteiger partial charge is 0.506 e. The number of carbonyl (C=O) groups is 1. The highest BCUT2D eigenvalue weighted by molar-refractivity contribution is 6.34. The fourth-order valence-corrected chi connectivity index (χ4v) is 4.95. The number of hydrogen-bond acceptors (Lipinski definition) is 5. The number of fused-ring (bicyclic) bond motifs is 3. The van der Waals surface area contributed by atoms with Gasteiger partial charge in [0.15, 0.2) is 0 Å². The van der Waals surface area contributed by atoms with Crippen LogP contribution in [-0.4, -0.2) is 55.2 Å². The third-order valence-corrected chi connectivity index (χ3v) is 7.00. The molecule has 164 valence electrons. The number of nitrogens with one attached hydrogen (secondary N) is 1. The Labute approximate surface area is 187 Å². The molecule has 2 N–H and O–H groups in total. The second-order valence-corrected chi connectivity index (χ2v) is 9.06. The lowest BCUT2D eigenvalue weighted by Gasteiger charge is -2.36. The summed E-state index contributed by atoms with van der Waals surface area (Å²) in [6.45, 7) is 5.51. The molecular weight excluding hydrogens is 414 g/mol. The number of piperazine rings is 1. The summed E-state index contributed by atoms with van der Waals surface area (Å²) in [6, 6.07) is 11.5. The van der Waals surface area contributed by atoms with Gasteiger partial charge in [0.05, 0.1) is 12.3 Å². The minimum atomic E-state index is 0.139. The molecule has 5 rings (SSSR count). The summed E-state index contributed by atoms with van der Waals surface area (Å²) in [5.74, 6) is 1.73. The topological polar surface area (TPSA) is 65.0 Å². The molecule has 0 spiro atoms. The molecule has 6 nitrogen and oxygen atoms in total. The summed E-state index contributed by atoms with van der Waals surface area (Å²) >= 11 is 6.25. The maximum absolute atomic E-state index is 11.9. The third kappa shape index (κ3) is 4.32. The van der Waals surface area contributed by atoms with Crippen LogP contribution in [0.3, 0.4) is 0 Å². The lowest BCUT2D eigenvalue weighted by molar-refractivity contribution is -0.117. The normalized spacial score (nSPS) is 22.5. The van der Waals surface area contributed by atoms with E-state index >= 15 is 0 Å². The molecule has 0 bridgehead atoms. The van der Waals surface area contributed by atoms with Crippen LogP contribution in [0.15, 0.2) is 36.4 Å². The fraction of sp³-hybridized carbons (Fsp3) is 0.458. The smallest absolute Gasteiger partial charge is 0.228 e. The van der Waals surface area contributed by atoms with E-state index in [9.17, 15) is 9.90 Å². The number of anilines is 2. The summed E-state index contributed by atoms with van der Waals surface area (Å²) in [7, 11) is 0. The van der Waals surface area contributed by atoms with Crippen molar-refractivity contribution in [2.24, 2.45) is 5.92 Å². The number of phenols is 1. The van der Waals surface area contributed by atoms with E-state index in [1.807, 2.05) is 24.3 Å². The molecule has 1 amide bonds. The first-order valence-corrected chi connectivity index (χ1v) is 11.5. The van der Waals surface area contributed by atoms with Gasteiger partial charge in [-0.1, -0.05) is 23.7 Å². The Morgan fingerprint density at radius 1 is 1.10 bits per heavy atom. The average Bonchev–Trinajstić information content (AvgIpc) is 3.58. The molecule has 1 saturated carbocycles. The number of phenolic OH excluding ortho intramolecular Hbond substituents is 1. The van der Waals surface area contributed by atoms with Crippen LogP contribution in [0.25, 0.3) is 0 Å². The molecule has 7 heteroatoms. The first-order valence-electron chi connectivity index (χ1n) is 11.1. The molecule has 2 heterocycles. The van der Waals surface area contributed by atoms with Gasteiger partial charge in [0.2, 0.25) is 5.91 Å². The zero-order valence-corrected chi connectivity index (χ0v) is 18.3. The van der Waals surface area contributed by atoms with Gasteiger partial charge in [-0.25, -0.2) is 0 Å². The highest BCUT2D eigenvalue weighted by Crippen LogP contribution is 2.53. The molecule has 0 aromatic heterocycles. The van der Waals surface area contributed by atoms with E-state index in [2.05, 4.69) is 21.2 Å². The van der Waals surface area contributed by atoms with Crippen molar-refractivity contribution < 1.29 is 14.6 Å². The number of hydrogen-bond donors (Lipinski definition) is 2. The van der Waals surface area contributed by atoms with Gasteiger partial charge in [-0.2, -0.15) is 0 Å². The minimum absolute atomic E-state index is 0.139. The molecule has 2 aromatic carbocycles. The number of nitrogens with zero attached hydrogens (tertiary/aromatic N) is 2. The standard InChI is InChI=1S/C24H28ClN3O3/c25-23-21(4-3-5-22(23)29)28-11-9-27(10-12-28)8-1-2-13-31-16-6-7-17-18-15-19(18)24(30)26-20(17)14-16/h3-7,14,18-19,29H,1-2,8-13,15H2,(H,26,30). The number of amides is 1. The fourth-order valence-electron chi connectivity index (χ4n) is 4.70. The minimum Gasteiger partial charge on any atom is -0.506 e. The quantitative estimate of drug-likeness (QED) is 0.634. The van der Waals surface area contributed by atoms with Crippen LogP contribution < -0.4 is 15.0 Å². The molecule has 0 radical (unpaired) electrons. The monoisotopic (exact) mass is 441 g/mol. The van der Waals surface area contributed by atoms with E-state index in [4.69, 9.17) is 16.3 Å². The van der Waals surface area contributed by atoms with Crippen molar-refractivity contribution >= 4 is 28.9 Å². The Bertz CT molecular complexity index is 975. The number of carbonyl (C=O) groups excluding carboxylic acids is 1. The molecule has 31 heavy (non-hydrogen) atoms. The zero-order valence-electron chi connectivity index (χ0n) is 17.5. The maximum Gasteiger partial charge on any atom is 0.228 e. The SMILES string of the molecule is O=C1Nc2cc(OCCCCN3CCN(c4cccc(O)c4Cl)CC3)ccc2C2CC12. The number of benzene rings is 2. The number of unbranched alkanes of at least 4 members (excludes halogenated alkanes) is 1. The number of aromatic hydroxyl groups is 1. The van der Waals surface area contributed by atoms with Crippen molar-refractivity contribution in [2.45, 2.75) is 25.2 Å². The zero-order chi connectivity index (χ0) is 21.4. The molecule has 2 fully saturated rings. The summed E-state index contributed by atoms with van der Waals surface area (Å²) in [4.78, 5) is 16.6. The van der Waals surface area contributed by atoms with Crippen molar-refractivity contribution in [3.8, 4) is 11.5 Å². The van der Waals surface area contributed by atoms with Crippen molar-refractivity contribution in [3.63, 3.8) is 0 Å². The van der Waals surface area contributed by atoms with Crippen LogP contribution >= 0.6 is 11.6 Å². The predicted octanol–water partition coefficient (Wildman–Crippen LogP) is 4.08. The van der Waals surface area contributed by atoms with E-state index in [0.717, 1.165) is 69.1 Å². The number of rotatable bonds is 7. The Morgan fingerprint density at radius 3 is 2.77 bits per heavy atom. The summed E-state index contributed by atoms with van der Waals surface area (Å²) in [6.07, 6.45) is 3.05. The Morgan fingerprint density at radius 2 is 1.94 bits per heavy atom. The van der Waals surface area contributed by atoms with Gasteiger partial charge in [0.25, 0.3) is 0 Å². The second-order valence-electron chi connectivity index (χ2n) is 8.68. The van der Waals surface area contributed by atoms with Crippen LogP contribution in [0, 0.1) is 5.92 Å². The van der Waals surface area contributed by atoms with Crippen LogP contribution in [0.1, 0.15) is 30.7 Å². The van der Waals surface area contributed by atoms with Crippen LogP contribution in [0.2, 0.25) is 5.02 Å². The van der Waals surface area contributed by atoms with Crippen LogP contribution in [0.4, 0.5) is 11.4 Å². The van der Waals surface area contributed by atoms with Crippen molar-refractivity contribution in [3.05, 3.63) is 47.0 Å². The summed E-state index contributed by atoms with van der Waals surface area (Å²) in [5.41, 5.74) is 3.09. The van der Waals surface area contributed by atoms with E-state index < -0.39 is 0 Å². The van der Waals surface area contributed by atoms with Gasteiger partial charge in [-0.3, -0.25) is 9.69 Å². The molecule has 1 aliphatic carbocycles. The van der Waals surface area contributed by atoms with Gasteiger partial charge >= 0.3 is 0 Å². The molecule has 2 aromatic rings. The Kier molecular flexibility index (Phi) is 5.67. The number of ether oxygens (including phenoxy) is 1. The molecule has 2 unspecified atom stereocenters. The lowest BCUT2D eigenvalue weighted by Crippen LogP contribution is -2.46. The van der Waals surface area contributed by atoms with Gasteiger partial charge in [0, 0.05) is 43.9 Å². The molecule has 2 aliphatic heterocycles. The predicted molar refractivity (Wildman–Crippen MR) is 122 cm³/mol. The summed E-state index contributed by atoms with van der Waals surface area (Å²) in [5, 5.41) is 13.3. The van der Waals surface area contributed by atoms with E-state index in [1.165, 1.54) is 5.56 Å². The molecule has 3 aliphatic rings. The second kappa shape index (κ2) is 8.60. The van der Waals surface area contributed by atoms with Gasteiger partial charge in [0.1, 0.15) is 16.5 Å². The average molecular weight is 442 g/mol. The van der Waals surface area contributed by atoms with E-state index in [-0.39, 0.29) is 17.6 Å². The van der Waals surface area contributed by atoms with Crippen LogP contribution in [-0.2, 0) is 4.79 Å².